The van der Waals surface area contributed by atoms with Gasteiger partial charge in [-0.1, -0.05) is 88.8 Å². The number of aryl methyl sites for hydroxylation is 1. The third-order valence-electron chi connectivity index (χ3n) is 7.59. The Labute approximate surface area is 248 Å². The highest BCUT2D eigenvalue weighted by molar-refractivity contribution is 6.03. The monoisotopic (exact) mass is 557 g/mol. The van der Waals surface area contributed by atoms with Gasteiger partial charge in [0, 0.05) is 30.3 Å². The summed E-state index contributed by atoms with van der Waals surface area (Å²) in [7, 11) is 0. The van der Waals surface area contributed by atoms with E-state index in [0.717, 1.165) is 53.8 Å². The van der Waals surface area contributed by atoms with Crippen molar-refractivity contribution < 1.29 is 9.59 Å². The molecule has 0 saturated heterocycles. The molecular formula is C36H51N3O2. The molecule has 41 heavy (non-hydrogen) atoms. The SMILES string of the molecule is CC.CCC(CC)NC(=O)C1/C(C)=C(/CN=C2C=C(C)CC=CC2)C(C)/C=C\C=C/CC(=O)N1c1cccc(C)c1. The van der Waals surface area contributed by atoms with Crippen LogP contribution in [-0.2, 0) is 9.59 Å². The third-order valence-corrected chi connectivity index (χ3v) is 7.59. The van der Waals surface area contributed by atoms with E-state index in [1.165, 1.54) is 5.57 Å². The van der Waals surface area contributed by atoms with Gasteiger partial charge in [-0.15, -0.1) is 0 Å². The number of carbonyl (C=O) groups is 2. The average Bonchev–Trinajstić information content (AvgIpc) is 3.18. The number of nitrogens with one attached hydrogen (secondary N) is 1. The Bertz CT molecular complexity index is 1210. The smallest absolute Gasteiger partial charge is 0.247 e. The molecule has 2 unspecified atom stereocenters. The summed E-state index contributed by atoms with van der Waals surface area (Å²) in [6.07, 6.45) is 18.1. The Morgan fingerprint density at radius 1 is 1.02 bits per heavy atom. The van der Waals surface area contributed by atoms with Crippen molar-refractivity contribution >= 4 is 23.2 Å². The summed E-state index contributed by atoms with van der Waals surface area (Å²) in [5, 5.41) is 3.25. The highest BCUT2D eigenvalue weighted by atomic mass is 16.2. The molecule has 1 aromatic rings. The molecule has 0 bridgehead atoms. The predicted molar refractivity (Wildman–Crippen MR) is 176 cm³/mol. The van der Waals surface area contributed by atoms with Crippen LogP contribution in [0.4, 0.5) is 5.69 Å². The first kappa shape index (κ1) is 33.7. The van der Waals surface area contributed by atoms with Crippen molar-refractivity contribution in [3.8, 4) is 0 Å². The van der Waals surface area contributed by atoms with Crippen LogP contribution in [0.3, 0.4) is 0 Å². The van der Waals surface area contributed by atoms with Crippen LogP contribution in [0.1, 0.15) is 86.1 Å². The zero-order valence-corrected chi connectivity index (χ0v) is 26.5. The third kappa shape index (κ3) is 9.84. The van der Waals surface area contributed by atoms with E-state index in [1.807, 2.05) is 70.2 Å². The maximum atomic E-state index is 14.1. The maximum absolute atomic E-state index is 14.1. The van der Waals surface area contributed by atoms with Crippen LogP contribution < -0.4 is 10.2 Å². The predicted octanol–water partition coefficient (Wildman–Crippen LogP) is 8.23. The largest absolute Gasteiger partial charge is 0.351 e. The fraction of sp³-hybridized carbons (Fsp3) is 0.472. The minimum atomic E-state index is -0.774. The molecule has 222 valence electrons. The van der Waals surface area contributed by atoms with Gasteiger partial charge >= 0.3 is 0 Å². The van der Waals surface area contributed by atoms with Crippen LogP contribution >= 0.6 is 0 Å². The molecule has 1 aliphatic carbocycles. The fourth-order valence-electron chi connectivity index (χ4n) is 5.16. The summed E-state index contributed by atoms with van der Waals surface area (Å²) in [6, 6.07) is 7.13. The molecule has 1 heterocycles. The lowest BCUT2D eigenvalue weighted by Gasteiger charge is -2.34. The second-order valence-corrected chi connectivity index (χ2v) is 10.7. The fourth-order valence-corrected chi connectivity index (χ4v) is 5.16. The summed E-state index contributed by atoms with van der Waals surface area (Å²) in [5.74, 6) is -0.211. The van der Waals surface area contributed by atoms with Gasteiger partial charge in [-0.3, -0.25) is 19.5 Å². The highest BCUT2D eigenvalue weighted by Gasteiger charge is 2.35. The number of aliphatic imine (C=N–C) groups is 1. The van der Waals surface area contributed by atoms with Gasteiger partial charge in [-0.25, -0.2) is 0 Å². The molecule has 0 spiro atoms. The Balaban J connectivity index is 0.00000287. The van der Waals surface area contributed by atoms with Gasteiger partial charge in [0.1, 0.15) is 6.04 Å². The highest BCUT2D eigenvalue weighted by Crippen LogP contribution is 2.29. The molecule has 0 saturated carbocycles. The van der Waals surface area contributed by atoms with Crippen LogP contribution in [0.15, 0.2) is 88.5 Å². The molecule has 1 aromatic carbocycles. The van der Waals surface area contributed by atoms with Crippen LogP contribution in [0, 0.1) is 12.8 Å². The molecule has 0 radical (unpaired) electrons. The normalized spacial score (nSPS) is 24.1. The second kappa shape index (κ2) is 17.4. The minimum Gasteiger partial charge on any atom is -0.351 e. The lowest BCUT2D eigenvalue weighted by Crippen LogP contribution is -2.53. The molecule has 2 amide bonds. The van der Waals surface area contributed by atoms with Crippen molar-refractivity contribution in [1.29, 1.82) is 0 Å². The number of rotatable bonds is 7. The van der Waals surface area contributed by atoms with E-state index < -0.39 is 6.04 Å². The van der Waals surface area contributed by atoms with Crippen LogP contribution in [0.2, 0.25) is 0 Å². The Morgan fingerprint density at radius 2 is 1.73 bits per heavy atom. The summed E-state index contributed by atoms with van der Waals surface area (Å²) in [6.45, 7) is 16.9. The van der Waals surface area contributed by atoms with Crippen molar-refractivity contribution in [3.05, 3.63) is 89.1 Å². The van der Waals surface area contributed by atoms with Crippen molar-refractivity contribution in [2.75, 3.05) is 11.4 Å². The topological polar surface area (TPSA) is 61.8 Å². The van der Waals surface area contributed by atoms with E-state index in [9.17, 15) is 9.59 Å². The quantitative estimate of drug-likeness (QED) is 0.343. The summed E-state index contributed by atoms with van der Waals surface area (Å²) < 4.78 is 0. The second-order valence-electron chi connectivity index (χ2n) is 10.7. The van der Waals surface area contributed by atoms with E-state index >= 15 is 0 Å². The summed E-state index contributed by atoms with van der Waals surface area (Å²) >= 11 is 0. The standard InChI is InChI=1S/C34H45N3O2.C2H6/c1-7-28(8-2)36-34(39)33-27(6)31(23-35-29-18-13-12-15-24(3)21-29)26(5)17-10-9-11-20-32(38)37(33)30-19-14-16-25(4)22-30;1-2/h9-14,16-17,19,21-22,26,28,33H,7-8,15,18,20,23H2,1-6H3,(H,36,39);1-2H3/b11-9-,17-10-,31-27-,35-29?;. The summed E-state index contributed by atoms with van der Waals surface area (Å²) in [5.41, 5.74) is 6.03. The lowest BCUT2D eigenvalue weighted by molar-refractivity contribution is -0.126. The van der Waals surface area contributed by atoms with E-state index in [2.05, 4.69) is 57.3 Å². The molecule has 2 aliphatic rings. The van der Waals surface area contributed by atoms with E-state index in [4.69, 9.17) is 4.99 Å². The molecule has 2 atom stereocenters. The molecule has 0 aromatic heterocycles. The number of nitrogens with zero attached hydrogens (tertiary/aromatic N) is 2. The van der Waals surface area contributed by atoms with Gasteiger partial charge < -0.3 is 5.32 Å². The number of benzene rings is 1. The van der Waals surface area contributed by atoms with Gasteiger partial charge in [0.15, 0.2) is 0 Å². The van der Waals surface area contributed by atoms with Gasteiger partial charge in [0.05, 0.1) is 6.54 Å². The number of amides is 2. The number of hydrogen-bond donors (Lipinski definition) is 1. The number of allylic oxidation sites excluding steroid dienone is 7. The van der Waals surface area contributed by atoms with E-state index in [1.54, 1.807) is 4.90 Å². The van der Waals surface area contributed by atoms with Crippen molar-refractivity contribution in [3.63, 3.8) is 0 Å². The van der Waals surface area contributed by atoms with Gasteiger partial charge in [-0.05, 0) is 80.9 Å². The van der Waals surface area contributed by atoms with Crippen LogP contribution in [0.25, 0.3) is 0 Å². The lowest BCUT2D eigenvalue weighted by atomic mass is 9.90. The van der Waals surface area contributed by atoms with Gasteiger partial charge in [0.25, 0.3) is 0 Å². The summed E-state index contributed by atoms with van der Waals surface area (Å²) in [4.78, 5) is 34.7. The molecule has 1 N–H and O–H groups in total. The Morgan fingerprint density at radius 3 is 2.41 bits per heavy atom. The van der Waals surface area contributed by atoms with E-state index in [0.29, 0.717) is 6.54 Å². The first-order chi connectivity index (χ1) is 19.7. The van der Waals surface area contributed by atoms with Crippen molar-refractivity contribution in [1.82, 2.24) is 5.32 Å². The number of anilines is 1. The average molecular weight is 558 g/mol. The number of carbonyl (C=O) groups excluding carboxylic acids is 2. The molecule has 3 rings (SSSR count). The van der Waals surface area contributed by atoms with Crippen molar-refractivity contribution in [2.45, 2.75) is 99.6 Å². The molecule has 5 nitrogen and oxygen atoms in total. The molecule has 0 fully saturated rings. The molecule has 1 aliphatic heterocycles. The zero-order valence-electron chi connectivity index (χ0n) is 26.5. The Hall–Kier alpha value is -3.47. The first-order valence-corrected chi connectivity index (χ1v) is 15.3. The van der Waals surface area contributed by atoms with Crippen LogP contribution in [0.5, 0.6) is 0 Å². The first-order valence-electron chi connectivity index (χ1n) is 15.3. The van der Waals surface area contributed by atoms with Gasteiger partial charge in [-0.2, -0.15) is 0 Å². The molecule has 5 heteroatoms. The van der Waals surface area contributed by atoms with Crippen LogP contribution in [-0.4, -0.2) is 36.2 Å². The Kier molecular flexibility index (Phi) is 14.3. The van der Waals surface area contributed by atoms with E-state index in [-0.39, 0.29) is 30.2 Å². The number of hydrogen-bond acceptors (Lipinski definition) is 3. The minimum absolute atomic E-state index is 0.0430. The zero-order chi connectivity index (χ0) is 30.4. The van der Waals surface area contributed by atoms with Crippen molar-refractivity contribution in [2.24, 2.45) is 10.9 Å². The maximum Gasteiger partial charge on any atom is 0.247 e. The van der Waals surface area contributed by atoms with Gasteiger partial charge in [0.2, 0.25) is 11.8 Å². The molecular weight excluding hydrogens is 506 g/mol.